The van der Waals surface area contributed by atoms with Crippen LogP contribution in [0.15, 0.2) is 30.6 Å². The summed E-state index contributed by atoms with van der Waals surface area (Å²) in [5.74, 6) is 1.61. The molecule has 0 aliphatic carbocycles. The SMILES string of the molecule is CCOC[C@@H]1CN(C(=O)c2cccc3c2OCO3)C[C@H]1c1cnn(C)c1. The van der Waals surface area contributed by atoms with Gasteiger partial charge in [-0.3, -0.25) is 9.48 Å². The maximum Gasteiger partial charge on any atom is 0.257 e. The predicted octanol–water partition coefficient (Wildman–Crippen LogP) is 2.04. The van der Waals surface area contributed by atoms with Crippen molar-refractivity contribution in [3.8, 4) is 11.5 Å². The van der Waals surface area contributed by atoms with Crippen molar-refractivity contribution in [3.05, 3.63) is 41.7 Å². The van der Waals surface area contributed by atoms with E-state index >= 15 is 0 Å². The topological polar surface area (TPSA) is 65.8 Å². The lowest BCUT2D eigenvalue weighted by molar-refractivity contribution is 0.0758. The minimum Gasteiger partial charge on any atom is -0.454 e. The van der Waals surface area contributed by atoms with Gasteiger partial charge in [0.1, 0.15) is 0 Å². The molecule has 0 spiro atoms. The zero-order valence-corrected chi connectivity index (χ0v) is 15.1. The number of rotatable bonds is 5. The van der Waals surface area contributed by atoms with Crippen molar-refractivity contribution in [2.75, 3.05) is 33.1 Å². The second-order valence-corrected chi connectivity index (χ2v) is 6.72. The number of likely N-dealkylation sites (tertiary alicyclic amines) is 1. The predicted molar refractivity (Wildman–Crippen MR) is 94.4 cm³/mol. The first kappa shape index (κ1) is 16.9. The molecule has 2 aliphatic heterocycles. The molecule has 4 rings (SSSR count). The third-order valence-electron chi connectivity index (χ3n) is 5.04. The first-order valence-corrected chi connectivity index (χ1v) is 8.91. The van der Waals surface area contributed by atoms with Crippen molar-refractivity contribution in [2.45, 2.75) is 12.8 Å². The molecule has 2 aromatic rings. The summed E-state index contributed by atoms with van der Waals surface area (Å²) in [7, 11) is 1.91. The van der Waals surface area contributed by atoms with E-state index in [-0.39, 0.29) is 24.5 Å². The van der Waals surface area contributed by atoms with Crippen LogP contribution >= 0.6 is 0 Å². The van der Waals surface area contributed by atoms with Gasteiger partial charge in [0.25, 0.3) is 5.91 Å². The average Bonchev–Trinajstić information content (AvgIpc) is 3.37. The van der Waals surface area contributed by atoms with Crippen LogP contribution in [0, 0.1) is 5.92 Å². The molecule has 1 saturated heterocycles. The van der Waals surface area contributed by atoms with Crippen LogP contribution in [0.25, 0.3) is 0 Å². The average molecular weight is 357 g/mol. The maximum atomic E-state index is 13.1. The molecular formula is C19H23N3O4. The Balaban J connectivity index is 1.57. The fourth-order valence-electron chi connectivity index (χ4n) is 3.75. The normalized spacial score (nSPS) is 21.4. The summed E-state index contributed by atoms with van der Waals surface area (Å²) < 4.78 is 18.4. The van der Waals surface area contributed by atoms with Crippen LogP contribution in [0.2, 0.25) is 0 Å². The van der Waals surface area contributed by atoms with E-state index in [1.54, 1.807) is 10.7 Å². The van der Waals surface area contributed by atoms with Gasteiger partial charge in [-0.25, -0.2) is 0 Å². The number of para-hydroxylation sites is 1. The van der Waals surface area contributed by atoms with Gasteiger partial charge in [-0.15, -0.1) is 0 Å². The molecule has 1 aromatic carbocycles. The monoisotopic (exact) mass is 357 g/mol. The molecule has 0 N–H and O–H groups in total. The molecule has 0 bridgehead atoms. The highest BCUT2D eigenvalue weighted by atomic mass is 16.7. The van der Waals surface area contributed by atoms with Crippen molar-refractivity contribution in [1.82, 2.24) is 14.7 Å². The van der Waals surface area contributed by atoms with E-state index < -0.39 is 0 Å². The summed E-state index contributed by atoms with van der Waals surface area (Å²) in [4.78, 5) is 15.0. The maximum absolute atomic E-state index is 13.1. The molecule has 7 nitrogen and oxygen atoms in total. The van der Waals surface area contributed by atoms with Gasteiger partial charge in [0, 0.05) is 44.8 Å². The van der Waals surface area contributed by atoms with Gasteiger partial charge in [0.2, 0.25) is 6.79 Å². The highest BCUT2D eigenvalue weighted by Gasteiger charge is 2.38. The molecule has 2 aliphatic rings. The Morgan fingerprint density at radius 2 is 2.23 bits per heavy atom. The first-order valence-electron chi connectivity index (χ1n) is 8.91. The molecule has 138 valence electrons. The van der Waals surface area contributed by atoms with Crippen LogP contribution in [-0.2, 0) is 11.8 Å². The second-order valence-electron chi connectivity index (χ2n) is 6.72. The smallest absolute Gasteiger partial charge is 0.257 e. The molecular weight excluding hydrogens is 334 g/mol. The Morgan fingerprint density at radius 1 is 1.35 bits per heavy atom. The third-order valence-corrected chi connectivity index (χ3v) is 5.04. The summed E-state index contributed by atoms with van der Waals surface area (Å²) >= 11 is 0. The lowest BCUT2D eigenvalue weighted by Gasteiger charge is -2.17. The van der Waals surface area contributed by atoms with E-state index in [1.807, 2.05) is 43.4 Å². The summed E-state index contributed by atoms with van der Waals surface area (Å²) in [5, 5.41) is 4.29. The number of nitrogens with zero attached hydrogens (tertiary/aromatic N) is 3. The summed E-state index contributed by atoms with van der Waals surface area (Å²) in [6.45, 7) is 4.75. The van der Waals surface area contributed by atoms with Crippen LogP contribution in [0.3, 0.4) is 0 Å². The van der Waals surface area contributed by atoms with E-state index in [1.165, 1.54) is 0 Å². The first-order chi connectivity index (χ1) is 12.7. The molecule has 1 fully saturated rings. The number of aromatic nitrogens is 2. The van der Waals surface area contributed by atoms with Crippen LogP contribution in [0.5, 0.6) is 11.5 Å². The minimum atomic E-state index is -0.0276. The Labute approximate surface area is 152 Å². The van der Waals surface area contributed by atoms with Crippen molar-refractivity contribution in [3.63, 3.8) is 0 Å². The number of benzene rings is 1. The number of fused-ring (bicyclic) bond motifs is 1. The quantitative estimate of drug-likeness (QED) is 0.819. The minimum absolute atomic E-state index is 0.0276. The second kappa shape index (κ2) is 6.99. The molecule has 26 heavy (non-hydrogen) atoms. The summed E-state index contributed by atoms with van der Waals surface area (Å²) in [6, 6.07) is 5.44. The van der Waals surface area contributed by atoms with E-state index in [4.69, 9.17) is 14.2 Å². The number of carbonyl (C=O) groups excluding carboxylic acids is 1. The molecule has 0 unspecified atom stereocenters. The van der Waals surface area contributed by atoms with E-state index in [2.05, 4.69) is 5.10 Å². The molecule has 1 aromatic heterocycles. The molecule has 3 heterocycles. The van der Waals surface area contributed by atoms with Gasteiger partial charge in [-0.1, -0.05) is 6.07 Å². The number of ether oxygens (including phenoxy) is 3. The van der Waals surface area contributed by atoms with Gasteiger partial charge in [0.05, 0.1) is 18.4 Å². The van der Waals surface area contributed by atoms with Crippen LogP contribution in [-0.4, -0.2) is 53.7 Å². The number of amides is 1. The van der Waals surface area contributed by atoms with E-state index in [9.17, 15) is 4.79 Å². The number of hydrogen-bond donors (Lipinski definition) is 0. The zero-order valence-electron chi connectivity index (χ0n) is 15.1. The summed E-state index contributed by atoms with van der Waals surface area (Å²) in [5.41, 5.74) is 1.70. The van der Waals surface area contributed by atoms with Crippen LogP contribution < -0.4 is 9.47 Å². The van der Waals surface area contributed by atoms with Crippen molar-refractivity contribution >= 4 is 5.91 Å². The Morgan fingerprint density at radius 3 is 3.00 bits per heavy atom. The Kier molecular flexibility index (Phi) is 4.55. The number of hydrogen-bond acceptors (Lipinski definition) is 5. The zero-order chi connectivity index (χ0) is 18.1. The molecule has 1 amide bonds. The van der Waals surface area contributed by atoms with E-state index in [0.29, 0.717) is 43.4 Å². The van der Waals surface area contributed by atoms with Crippen molar-refractivity contribution in [1.29, 1.82) is 0 Å². The Bertz CT molecular complexity index is 804. The Hall–Kier alpha value is -2.54. The third kappa shape index (κ3) is 3.03. The summed E-state index contributed by atoms with van der Waals surface area (Å²) in [6.07, 6.45) is 3.91. The van der Waals surface area contributed by atoms with Gasteiger partial charge in [0.15, 0.2) is 11.5 Å². The van der Waals surface area contributed by atoms with Gasteiger partial charge in [-0.2, -0.15) is 5.10 Å². The highest BCUT2D eigenvalue weighted by molar-refractivity contribution is 5.98. The van der Waals surface area contributed by atoms with Gasteiger partial charge < -0.3 is 19.1 Å². The van der Waals surface area contributed by atoms with E-state index in [0.717, 1.165) is 5.56 Å². The largest absolute Gasteiger partial charge is 0.454 e. The number of aryl methyl sites for hydroxylation is 1. The highest BCUT2D eigenvalue weighted by Crippen LogP contribution is 2.38. The van der Waals surface area contributed by atoms with Gasteiger partial charge >= 0.3 is 0 Å². The molecule has 0 radical (unpaired) electrons. The van der Waals surface area contributed by atoms with Crippen molar-refractivity contribution < 1.29 is 19.0 Å². The van der Waals surface area contributed by atoms with Crippen LogP contribution in [0.1, 0.15) is 28.8 Å². The molecule has 2 atom stereocenters. The standard InChI is InChI=1S/C19H23N3O4/c1-3-24-11-14-9-22(10-16(14)13-7-20-21(2)8-13)19(23)15-5-4-6-17-18(15)26-12-25-17/h4-8,14,16H,3,9-12H2,1-2H3/t14-,16-/m0/s1. The molecule has 0 saturated carbocycles. The van der Waals surface area contributed by atoms with Crippen LogP contribution in [0.4, 0.5) is 0 Å². The van der Waals surface area contributed by atoms with Gasteiger partial charge in [-0.05, 0) is 24.6 Å². The fraction of sp³-hybridized carbons (Fsp3) is 0.474. The molecule has 7 heteroatoms. The lowest BCUT2D eigenvalue weighted by Crippen LogP contribution is -2.29. The van der Waals surface area contributed by atoms with Crippen molar-refractivity contribution in [2.24, 2.45) is 13.0 Å². The lowest BCUT2D eigenvalue weighted by atomic mass is 9.92. The number of carbonyl (C=O) groups is 1. The fourth-order valence-corrected chi connectivity index (χ4v) is 3.75.